The van der Waals surface area contributed by atoms with Crippen LogP contribution < -0.4 is 10.2 Å². The number of hydrogen-bond acceptors (Lipinski definition) is 3. The molecule has 0 aromatic heterocycles. The van der Waals surface area contributed by atoms with E-state index in [0.29, 0.717) is 13.0 Å². The smallest absolute Gasteiger partial charge is 0.244 e. The van der Waals surface area contributed by atoms with Gasteiger partial charge in [0.2, 0.25) is 5.91 Å². The number of nitrogens with one attached hydrogen (secondary N) is 1. The Morgan fingerprint density at radius 1 is 0.885 bits per heavy atom. The largest absolute Gasteiger partial charge is 0.489 e. The third kappa shape index (κ3) is 5.60. The number of benzene rings is 3. The summed E-state index contributed by atoms with van der Waals surface area (Å²) in [5.74, 6) is 0.609. The number of carbonyl (C=O) groups is 1. The van der Waals surface area contributed by atoms with Crippen LogP contribution in [0.3, 0.4) is 0 Å². The molecular weight excluding hydrogens is 324 g/mol. The van der Waals surface area contributed by atoms with Gasteiger partial charge in [0.25, 0.3) is 0 Å². The van der Waals surface area contributed by atoms with Crippen molar-refractivity contribution in [2.24, 2.45) is 5.10 Å². The van der Waals surface area contributed by atoms with Crippen molar-refractivity contribution in [1.29, 1.82) is 0 Å². The van der Waals surface area contributed by atoms with Crippen molar-refractivity contribution in [3.63, 3.8) is 0 Å². The Morgan fingerprint density at radius 2 is 1.58 bits per heavy atom. The van der Waals surface area contributed by atoms with Crippen LogP contribution in [0.2, 0.25) is 0 Å². The van der Waals surface area contributed by atoms with Crippen LogP contribution in [0.15, 0.2) is 90.0 Å². The van der Waals surface area contributed by atoms with Gasteiger partial charge in [0.15, 0.2) is 0 Å². The summed E-state index contributed by atoms with van der Waals surface area (Å²) in [6.07, 6.45) is 1.91. The summed E-state index contributed by atoms with van der Waals surface area (Å²) in [6, 6.07) is 27.1. The maximum Gasteiger partial charge on any atom is 0.244 e. The van der Waals surface area contributed by atoms with Crippen molar-refractivity contribution in [3.8, 4) is 5.75 Å². The van der Waals surface area contributed by atoms with Crippen molar-refractivity contribution >= 4 is 12.1 Å². The lowest BCUT2D eigenvalue weighted by Crippen LogP contribution is -2.19. The molecule has 0 fully saturated rings. The molecule has 1 amide bonds. The first-order valence-corrected chi connectivity index (χ1v) is 8.42. The summed E-state index contributed by atoms with van der Waals surface area (Å²) in [5.41, 5.74) is 5.47. The van der Waals surface area contributed by atoms with Crippen LogP contribution >= 0.6 is 0 Å². The van der Waals surface area contributed by atoms with E-state index in [2.05, 4.69) is 10.5 Å². The molecule has 4 heteroatoms. The van der Waals surface area contributed by atoms with E-state index in [1.54, 1.807) is 6.21 Å². The lowest BCUT2D eigenvalue weighted by Gasteiger charge is -2.06. The maximum absolute atomic E-state index is 11.9. The fourth-order valence-electron chi connectivity index (χ4n) is 2.43. The van der Waals surface area contributed by atoms with Gasteiger partial charge in [-0.1, -0.05) is 72.8 Å². The highest BCUT2D eigenvalue weighted by Crippen LogP contribution is 2.14. The number of hydrazone groups is 1. The van der Waals surface area contributed by atoms with Gasteiger partial charge >= 0.3 is 0 Å². The molecule has 0 spiro atoms. The molecule has 0 saturated carbocycles. The molecule has 130 valence electrons. The minimum Gasteiger partial charge on any atom is -0.489 e. The Morgan fingerprint density at radius 3 is 2.31 bits per heavy atom. The molecule has 0 unspecified atom stereocenters. The standard InChI is InChI=1S/C22H20N2O2/c25-22(15-18-8-3-1-4-9-18)24-23-16-20-12-7-13-21(14-20)26-17-19-10-5-2-6-11-19/h1-14,16H,15,17H2,(H,24,25). The van der Waals surface area contributed by atoms with Crippen LogP contribution in [0.5, 0.6) is 5.75 Å². The highest BCUT2D eigenvalue weighted by Gasteiger charge is 2.01. The van der Waals surface area contributed by atoms with Crippen LogP contribution in [-0.2, 0) is 17.8 Å². The summed E-state index contributed by atoms with van der Waals surface area (Å²) in [5, 5.41) is 4.02. The predicted molar refractivity (Wildman–Crippen MR) is 103 cm³/mol. The zero-order chi connectivity index (χ0) is 18.0. The van der Waals surface area contributed by atoms with Gasteiger partial charge in [-0.3, -0.25) is 4.79 Å². The third-order valence-corrected chi connectivity index (χ3v) is 3.72. The molecule has 0 aliphatic rings. The number of hydrogen-bond donors (Lipinski definition) is 1. The van der Waals surface area contributed by atoms with Crippen LogP contribution in [0.4, 0.5) is 0 Å². The molecule has 0 aliphatic heterocycles. The Hall–Kier alpha value is -3.40. The van der Waals surface area contributed by atoms with E-state index in [-0.39, 0.29) is 5.91 Å². The van der Waals surface area contributed by atoms with Gasteiger partial charge in [-0.2, -0.15) is 5.10 Å². The van der Waals surface area contributed by atoms with Gasteiger partial charge in [-0.15, -0.1) is 0 Å². The fourth-order valence-corrected chi connectivity index (χ4v) is 2.43. The second-order valence-corrected chi connectivity index (χ2v) is 5.80. The Bertz CT molecular complexity index is 862. The lowest BCUT2D eigenvalue weighted by atomic mass is 10.1. The van der Waals surface area contributed by atoms with Crippen LogP contribution in [-0.4, -0.2) is 12.1 Å². The summed E-state index contributed by atoms with van der Waals surface area (Å²) < 4.78 is 5.79. The van der Waals surface area contributed by atoms with Crippen LogP contribution in [0.1, 0.15) is 16.7 Å². The van der Waals surface area contributed by atoms with Gasteiger partial charge in [0.05, 0.1) is 12.6 Å². The molecular formula is C22H20N2O2. The molecule has 1 N–H and O–H groups in total. The Balaban J connectivity index is 1.51. The Labute approximate surface area is 153 Å². The zero-order valence-electron chi connectivity index (χ0n) is 14.3. The van der Waals surface area contributed by atoms with E-state index in [1.165, 1.54) is 0 Å². The molecule has 26 heavy (non-hydrogen) atoms. The molecule has 0 radical (unpaired) electrons. The van der Waals surface area contributed by atoms with Crippen LogP contribution in [0.25, 0.3) is 0 Å². The fraction of sp³-hybridized carbons (Fsp3) is 0.0909. The van der Waals surface area contributed by atoms with Crippen molar-refractivity contribution in [1.82, 2.24) is 5.43 Å². The molecule has 0 bridgehead atoms. The van der Waals surface area contributed by atoms with E-state index in [9.17, 15) is 4.79 Å². The molecule has 0 atom stereocenters. The third-order valence-electron chi connectivity index (χ3n) is 3.72. The van der Waals surface area contributed by atoms with Crippen molar-refractivity contribution in [2.45, 2.75) is 13.0 Å². The molecule has 3 aromatic carbocycles. The van der Waals surface area contributed by atoms with E-state index in [1.807, 2.05) is 84.9 Å². The first-order chi connectivity index (χ1) is 12.8. The summed E-state index contributed by atoms with van der Waals surface area (Å²) in [4.78, 5) is 11.9. The quantitative estimate of drug-likeness (QED) is 0.521. The van der Waals surface area contributed by atoms with Gasteiger partial charge in [-0.25, -0.2) is 5.43 Å². The van der Waals surface area contributed by atoms with E-state index in [4.69, 9.17) is 4.74 Å². The second kappa shape index (κ2) is 9.18. The molecule has 0 saturated heterocycles. The molecule has 4 nitrogen and oxygen atoms in total. The monoisotopic (exact) mass is 344 g/mol. The maximum atomic E-state index is 11.9. The number of rotatable bonds is 7. The Kier molecular flexibility index (Phi) is 6.15. The number of ether oxygens (including phenoxy) is 1. The summed E-state index contributed by atoms with van der Waals surface area (Å²) >= 11 is 0. The SMILES string of the molecule is O=C(Cc1ccccc1)NN=Cc1cccc(OCc2ccccc2)c1. The van der Waals surface area contributed by atoms with Crippen LogP contribution in [0, 0.1) is 0 Å². The average molecular weight is 344 g/mol. The van der Waals surface area contributed by atoms with Gasteiger partial charge in [-0.05, 0) is 28.8 Å². The average Bonchev–Trinajstić information content (AvgIpc) is 2.68. The number of nitrogens with zero attached hydrogens (tertiary/aromatic N) is 1. The minimum absolute atomic E-state index is 0.149. The van der Waals surface area contributed by atoms with Gasteiger partial charge in [0, 0.05) is 0 Å². The molecule has 0 aliphatic carbocycles. The topological polar surface area (TPSA) is 50.7 Å². The molecule has 0 heterocycles. The van der Waals surface area contributed by atoms with E-state index < -0.39 is 0 Å². The molecule has 3 aromatic rings. The van der Waals surface area contributed by atoms with Crippen molar-refractivity contribution in [2.75, 3.05) is 0 Å². The minimum atomic E-state index is -0.149. The van der Waals surface area contributed by atoms with E-state index in [0.717, 1.165) is 22.4 Å². The normalized spacial score (nSPS) is 10.6. The highest BCUT2D eigenvalue weighted by molar-refractivity contribution is 5.83. The van der Waals surface area contributed by atoms with Crippen molar-refractivity contribution in [3.05, 3.63) is 102 Å². The highest BCUT2D eigenvalue weighted by atomic mass is 16.5. The number of carbonyl (C=O) groups excluding carboxylic acids is 1. The van der Waals surface area contributed by atoms with Crippen molar-refractivity contribution < 1.29 is 9.53 Å². The number of amides is 1. The first kappa shape index (κ1) is 17.4. The molecule has 3 rings (SSSR count). The first-order valence-electron chi connectivity index (χ1n) is 8.42. The summed E-state index contributed by atoms with van der Waals surface area (Å²) in [7, 11) is 0. The zero-order valence-corrected chi connectivity index (χ0v) is 14.3. The van der Waals surface area contributed by atoms with Gasteiger partial charge < -0.3 is 4.74 Å². The predicted octanol–water partition coefficient (Wildman–Crippen LogP) is 3.96. The van der Waals surface area contributed by atoms with Gasteiger partial charge in [0.1, 0.15) is 12.4 Å². The van der Waals surface area contributed by atoms with E-state index >= 15 is 0 Å². The second-order valence-electron chi connectivity index (χ2n) is 5.80. The lowest BCUT2D eigenvalue weighted by molar-refractivity contribution is -0.120. The summed E-state index contributed by atoms with van der Waals surface area (Å²) in [6.45, 7) is 0.509.